The molecule has 2 aromatic rings. The summed E-state index contributed by atoms with van der Waals surface area (Å²) in [5, 5.41) is 3.32. The van der Waals surface area contributed by atoms with E-state index in [4.69, 9.17) is 9.47 Å². The highest BCUT2D eigenvalue weighted by Gasteiger charge is 2.52. The predicted octanol–water partition coefficient (Wildman–Crippen LogP) is 2.79. The smallest absolute Gasteiger partial charge is 0.360 e. The largest absolute Gasteiger partial charge is 0.463 e. The van der Waals surface area contributed by atoms with Gasteiger partial charge in [-0.2, -0.15) is 0 Å². The van der Waals surface area contributed by atoms with Crippen LogP contribution in [0.3, 0.4) is 0 Å². The molecule has 158 valence electrons. The van der Waals surface area contributed by atoms with Crippen LogP contribution >= 0.6 is 0 Å². The molecule has 1 N–H and O–H groups in total. The third kappa shape index (κ3) is 2.73. The van der Waals surface area contributed by atoms with Gasteiger partial charge in [-0.05, 0) is 67.7 Å². The van der Waals surface area contributed by atoms with Crippen molar-refractivity contribution in [3.8, 4) is 0 Å². The molecule has 8 heteroatoms. The minimum absolute atomic E-state index is 0.0243. The van der Waals surface area contributed by atoms with Gasteiger partial charge in [0.05, 0.1) is 6.61 Å². The van der Waals surface area contributed by atoms with E-state index < -0.39 is 11.6 Å². The van der Waals surface area contributed by atoms with E-state index in [1.165, 1.54) is 0 Å². The molecule has 7 nitrogen and oxygen atoms in total. The monoisotopic (exact) mass is 412 g/mol. The molecule has 3 aliphatic rings. The SMILES string of the molecule is CCOC(=O)C1(c2nccn2C)CN=C(Nc2c3c(c(F)c4c2CCC4)CCC3)O1. The average Bonchev–Trinajstić information content (AvgIpc) is 3.51. The number of hydrogen-bond donors (Lipinski definition) is 1. The summed E-state index contributed by atoms with van der Waals surface area (Å²) in [6, 6.07) is 0.251. The molecule has 5 rings (SSSR count). The fraction of sp³-hybridized carbons (Fsp3) is 0.500. The van der Waals surface area contributed by atoms with Crippen LogP contribution in [0, 0.1) is 5.82 Å². The number of carbonyl (C=O) groups is 1. The maximum atomic E-state index is 15.0. The number of aryl methyl sites for hydroxylation is 1. The van der Waals surface area contributed by atoms with E-state index in [2.05, 4.69) is 15.3 Å². The Bertz CT molecular complexity index is 1030. The normalized spacial score (nSPS) is 21.8. The molecule has 0 saturated heterocycles. The number of nitrogens with zero attached hydrogens (tertiary/aromatic N) is 3. The predicted molar refractivity (Wildman–Crippen MR) is 109 cm³/mol. The Morgan fingerprint density at radius 2 is 1.90 bits per heavy atom. The summed E-state index contributed by atoms with van der Waals surface area (Å²) in [5.74, 6) is -0.103. The number of aliphatic imine (C=N–C) groups is 1. The molecule has 1 atom stereocenters. The quantitative estimate of drug-likeness (QED) is 0.782. The number of amidine groups is 1. The second-order valence-corrected chi connectivity index (χ2v) is 8.07. The van der Waals surface area contributed by atoms with Gasteiger partial charge in [0.25, 0.3) is 11.6 Å². The minimum atomic E-state index is -1.43. The summed E-state index contributed by atoms with van der Waals surface area (Å²) in [5.41, 5.74) is 3.16. The summed E-state index contributed by atoms with van der Waals surface area (Å²) >= 11 is 0. The lowest BCUT2D eigenvalue weighted by Crippen LogP contribution is -2.43. The first kappa shape index (κ1) is 19.1. The molecule has 0 spiro atoms. The molecule has 1 aromatic carbocycles. The van der Waals surface area contributed by atoms with Gasteiger partial charge < -0.3 is 19.4 Å². The Kier molecular flexibility index (Phi) is 4.52. The number of carbonyl (C=O) groups excluding carboxylic acids is 1. The minimum Gasteiger partial charge on any atom is -0.463 e. The first-order valence-corrected chi connectivity index (χ1v) is 10.6. The van der Waals surface area contributed by atoms with Crippen molar-refractivity contribution in [2.75, 3.05) is 18.5 Å². The summed E-state index contributed by atoms with van der Waals surface area (Å²) in [4.78, 5) is 21.7. The van der Waals surface area contributed by atoms with Crippen molar-refractivity contribution < 1.29 is 18.7 Å². The third-order valence-electron chi connectivity index (χ3n) is 6.30. The van der Waals surface area contributed by atoms with Crippen molar-refractivity contribution in [1.82, 2.24) is 9.55 Å². The van der Waals surface area contributed by atoms with Gasteiger partial charge in [-0.1, -0.05) is 0 Å². The van der Waals surface area contributed by atoms with Crippen molar-refractivity contribution in [3.05, 3.63) is 46.3 Å². The number of anilines is 1. The molecule has 1 aromatic heterocycles. The van der Waals surface area contributed by atoms with Crippen molar-refractivity contribution in [1.29, 1.82) is 0 Å². The molecule has 1 unspecified atom stereocenters. The van der Waals surface area contributed by atoms with E-state index in [0.29, 0.717) is 5.82 Å². The maximum Gasteiger partial charge on any atom is 0.360 e. The van der Waals surface area contributed by atoms with Crippen LogP contribution in [0.25, 0.3) is 0 Å². The zero-order valence-corrected chi connectivity index (χ0v) is 17.3. The van der Waals surface area contributed by atoms with Gasteiger partial charge in [-0.3, -0.25) is 0 Å². The summed E-state index contributed by atoms with van der Waals surface area (Å²) < 4.78 is 28.1. The summed E-state index contributed by atoms with van der Waals surface area (Å²) in [7, 11) is 1.80. The zero-order chi connectivity index (χ0) is 20.9. The van der Waals surface area contributed by atoms with Crippen LogP contribution in [-0.2, 0) is 52.6 Å². The molecule has 30 heavy (non-hydrogen) atoms. The average molecular weight is 412 g/mol. The van der Waals surface area contributed by atoms with Gasteiger partial charge in [0.1, 0.15) is 12.4 Å². The van der Waals surface area contributed by atoms with Crippen LogP contribution in [0.15, 0.2) is 17.4 Å². The lowest BCUT2D eigenvalue weighted by atomic mass is 9.98. The zero-order valence-electron chi connectivity index (χ0n) is 17.3. The first-order valence-electron chi connectivity index (χ1n) is 10.6. The number of nitrogens with one attached hydrogen (secondary N) is 1. The maximum absolute atomic E-state index is 15.0. The third-order valence-corrected chi connectivity index (χ3v) is 6.30. The number of fused-ring (bicyclic) bond motifs is 2. The number of hydrogen-bond acceptors (Lipinski definition) is 6. The van der Waals surface area contributed by atoms with Gasteiger partial charge in [-0.15, -0.1) is 0 Å². The Labute approximate surface area is 174 Å². The number of halogens is 1. The number of rotatable bonds is 4. The van der Waals surface area contributed by atoms with Gasteiger partial charge in [0, 0.05) is 25.1 Å². The van der Waals surface area contributed by atoms with E-state index in [-0.39, 0.29) is 25.0 Å². The second kappa shape index (κ2) is 7.11. The Morgan fingerprint density at radius 1 is 1.23 bits per heavy atom. The number of imidazole rings is 1. The van der Waals surface area contributed by atoms with Crippen LogP contribution in [-0.4, -0.2) is 34.7 Å². The highest BCUT2D eigenvalue weighted by Crippen LogP contribution is 2.42. The molecule has 2 heterocycles. The van der Waals surface area contributed by atoms with Crippen molar-refractivity contribution >= 4 is 17.7 Å². The van der Waals surface area contributed by atoms with E-state index in [1.807, 2.05) is 0 Å². The van der Waals surface area contributed by atoms with Crippen LogP contribution in [0.2, 0.25) is 0 Å². The van der Waals surface area contributed by atoms with E-state index in [1.54, 1.807) is 30.9 Å². The Balaban J connectivity index is 1.50. The van der Waals surface area contributed by atoms with Crippen molar-refractivity contribution in [2.24, 2.45) is 12.0 Å². The molecular formula is C22H25FN4O3. The highest BCUT2D eigenvalue weighted by atomic mass is 19.1. The Hall–Kier alpha value is -2.90. The number of ether oxygens (including phenoxy) is 2. The number of esters is 1. The van der Waals surface area contributed by atoms with Gasteiger partial charge in [0.15, 0.2) is 5.82 Å². The lowest BCUT2D eigenvalue weighted by Gasteiger charge is -2.26. The standard InChI is InChI=1S/C22H25FN4O3/c1-3-29-20(28)22(19-24-10-11-27(19)2)12-25-21(30-22)26-18-15-8-4-6-13(15)17(23)14-7-5-9-16(14)18/h10-11H,3-9,12H2,1-2H3,(H,25,26). The fourth-order valence-electron chi connectivity index (χ4n) is 4.94. The van der Waals surface area contributed by atoms with E-state index in [9.17, 15) is 9.18 Å². The molecule has 0 amide bonds. The molecular weight excluding hydrogens is 387 g/mol. The molecule has 0 fully saturated rings. The van der Waals surface area contributed by atoms with Crippen LogP contribution in [0.5, 0.6) is 0 Å². The summed E-state index contributed by atoms with van der Waals surface area (Å²) in [6.07, 6.45) is 8.44. The number of benzene rings is 1. The number of aromatic nitrogens is 2. The molecule has 0 bridgehead atoms. The Morgan fingerprint density at radius 3 is 2.50 bits per heavy atom. The lowest BCUT2D eigenvalue weighted by molar-refractivity contribution is -0.162. The highest BCUT2D eigenvalue weighted by molar-refractivity contribution is 5.96. The topological polar surface area (TPSA) is 77.7 Å². The molecule has 1 aliphatic heterocycles. The van der Waals surface area contributed by atoms with E-state index in [0.717, 1.165) is 66.5 Å². The van der Waals surface area contributed by atoms with Crippen molar-refractivity contribution in [3.63, 3.8) is 0 Å². The first-order chi connectivity index (χ1) is 14.5. The van der Waals surface area contributed by atoms with Gasteiger partial charge in [-0.25, -0.2) is 19.2 Å². The second-order valence-electron chi connectivity index (χ2n) is 8.07. The molecule has 2 aliphatic carbocycles. The van der Waals surface area contributed by atoms with Crippen LogP contribution in [0.4, 0.5) is 10.1 Å². The van der Waals surface area contributed by atoms with E-state index >= 15 is 0 Å². The summed E-state index contributed by atoms with van der Waals surface area (Å²) in [6.45, 7) is 2.06. The van der Waals surface area contributed by atoms with Crippen LogP contribution < -0.4 is 5.32 Å². The van der Waals surface area contributed by atoms with Crippen LogP contribution in [0.1, 0.15) is 47.8 Å². The van der Waals surface area contributed by atoms with Gasteiger partial charge in [0.2, 0.25) is 0 Å². The van der Waals surface area contributed by atoms with Gasteiger partial charge >= 0.3 is 5.97 Å². The molecule has 0 saturated carbocycles. The fourth-order valence-corrected chi connectivity index (χ4v) is 4.94. The molecule has 0 radical (unpaired) electrons. The van der Waals surface area contributed by atoms with Crippen molar-refractivity contribution in [2.45, 2.75) is 51.0 Å².